The number of hydrogen-bond acceptors (Lipinski definition) is 6. The van der Waals surface area contributed by atoms with Crippen LogP contribution >= 0.6 is 11.6 Å². The van der Waals surface area contributed by atoms with Crippen molar-refractivity contribution in [2.45, 2.75) is 65.0 Å². The molecule has 0 N–H and O–H groups in total. The number of nitrogens with zero attached hydrogens (tertiary/aromatic N) is 1. The van der Waals surface area contributed by atoms with Crippen molar-refractivity contribution in [3.05, 3.63) is 80.7 Å². The quantitative estimate of drug-likeness (QED) is 0.270. The molecule has 0 bridgehead atoms. The number of carbonyl (C=O) groups excluding carboxylic acids is 2. The van der Waals surface area contributed by atoms with Gasteiger partial charge in [0.05, 0.1) is 31.6 Å². The molecule has 0 saturated carbocycles. The van der Waals surface area contributed by atoms with Crippen LogP contribution in [0, 0.1) is 0 Å². The molecule has 0 saturated heterocycles. The van der Waals surface area contributed by atoms with E-state index in [0.717, 1.165) is 29.7 Å². The van der Waals surface area contributed by atoms with Gasteiger partial charge in [-0.1, -0.05) is 23.7 Å². The Balaban J connectivity index is 1.73. The first kappa shape index (κ1) is 29.6. The lowest BCUT2D eigenvalue weighted by Crippen LogP contribution is -2.32. The SMILES string of the molecule is COc1cn(C(CCOC(C)(C)C)C(=O)Cc2ccc3c(c2)CCCO3)c(=O)cc1-c1cc(Cl)ccc1C(C)=O. The summed E-state index contributed by atoms with van der Waals surface area (Å²) in [5, 5.41) is 0.425. The van der Waals surface area contributed by atoms with Crippen molar-refractivity contribution in [3.8, 4) is 22.6 Å². The van der Waals surface area contributed by atoms with E-state index in [1.165, 1.54) is 24.7 Å². The summed E-state index contributed by atoms with van der Waals surface area (Å²) in [6.07, 6.45) is 3.86. The third-order valence-electron chi connectivity index (χ3n) is 6.90. The minimum Gasteiger partial charge on any atom is -0.495 e. The molecule has 0 amide bonds. The molecule has 8 heteroatoms. The first-order valence-electron chi connectivity index (χ1n) is 13.5. The number of rotatable bonds is 10. The van der Waals surface area contributed by atoms with Gasteiger partial charge in [-0.2, -0.15) is 0 Å². The summed E-state index contributed by atoms with van der Waals surface area (Å²) in [7, 11) is 1.49. The Morgan fingerprint density at radius 3 is 2.58 bits per heavy atom. The van der Waals surface area contributed by atoms with Gasteiger partial charge in [-0.25, -0.2) is 0 Å². The largest absolute Gasteiger partial charge is 0.495 e. The second-order valence-corrected chi connectivity index (χ2v) is 11.5. The fourth-order valence-electron chi connectivity index (χ4n) is 4.97. The van der Waals surface area contributed by atoms with Crippen LogP contribution in [0.5, 0.6) is 11.5 Å². The Labute approximate surface area is 240 Å². The van der Waals surface area contributed by atoms with E-state index in [1.54, 1.807) is 24.4 Å². The standard InChI is InChI=1S/C32H36ClNO6/c1-20(35)24-10-9-23(33)17-25(24)26-18-31(37)34(19-30(26)38-5)27(12-14-40-32(2,3)4)28(36)16-21-8-11-29-22(15-21)7-6-13-39-29/h8-11,15,17-19,27H,6-7,12-14,16H2,1-5H3. The van der Waals surface area contributed by atoms with E-state index in [0.29, 0.717) is 40.5 Å². The van der Waals surface area contributed by atoms with Crippen LogP contribution in [0.15, 0.2) is 53.5 Å². The summed E-state index contributed by atoms with van der Waals surface area (Å²) in [6, 6.07) is 11.4. The molecule has 0 fully saturated rings. The predicted octanol–water partition coefficient (Wildman–Crippen LogP) is 6.26. The normalized spacial score (nSPS) is 13.8. The highest BCUT2D eigenvalue weighted by molar-refractivity contribution is 6.31. The summed E-state index contributed by atoms with van der Waals surface area (Å²) in [5.74, 6) is 0.934. The van der Waals surface area contributed by atoms with Crippen LogP contribution in [0.2, 0.25) is 5.02 Å². The van der Waals surface area contributed by atoms with Crippen LogP contribution in [-0.2, 0) is 22.4 Å². The molecule has 1 unspecified atom stereocenters. The first-order valence-corrected chi connectivity index (χ1v) is 13.9. The number of benzene rings is 2. The molecule has 212 valence electrons. The Hall–Kier alpha value is -3.42. The van der Waals surface area contributed by atoms with Crippen LogP contribution in [-0.4, -0.2) is 42.1 Å². The highest BCUT2D eigenvalue weighted by Crippen LogP contribution is 2.34. The van der Waals surface area contributed by atoms with Crippen molar-refractivity contribution >= 4 is 23.2 Å². The number of ketones is 2. The minimum absolute atomic E-state index is 0.113. The van der Waals surface area contributed by atoms with E-state index in [-0.39, 0.29) is 24.6 Å². The average Bonchev–Trinajstić information content (AvgIpc) is 2.90. The van der Waals surface area contributed by atoms with E-state index in [2.05, 4.69) is 0 Å². The highest BCUT2D eigenvalue weighted by Gasteiger charge is 2.26. The fraction of sp³-hybridized carbons (Fsp3) is 0.406. The molecule has 1 aliphatic rings. The van der Waals surface area contributed by atoms with Crippen molar-refractivity contribution in [1.82, 2.24) is 4.57 Å². The summed E-state index contributed by atoms with van der Waals surface area (Å²) >= 11 is 6.24. The zero-order valence-electron chi connectivity index (χ0n) is 23.7. The molecule has 2 aromatic carbocycles. The summed E-state index contributed by atoms with van der Waals surface area (Å²) in [4.78, 5) is 39.7. The van der Waals surface area contributed by atoms with Gasteiger partial charge < -0.3 is 18.8 Å². The molecule has 3 aromatic rings. The second kappa shape index (κ2) is 12.4. The van der Waals surface area contributed by atoms with Gasteiger partial charge in [0, 0.05) is 35.2 Å². The molecule has 7 nitrogen and oxygen atoms in total. The second-order valence-electron chi connectivity index (χ2n) is 11.0. The molecular formula is C32H36ClNO6. The predicted molar refractivity (Wildman–Crippen MR) is 156 cm³/mol. The Kier molecular flexibility index (Phi) is 9.16. The third kappa shape index (κ3) is 7.01. The van der Waals surface area contributed by atoms with E-state index in [4.69, 9.17) is 25.8 Å². The number of fused-ring (bicyclic) bond motifs is 1. The van der Waals surface area contributed by atoms with Crippen molar-refractivity contribution in [2.24, 2.45) is 0 Å². The number of ether oxygens (including phenoxy) is 3. The van der Waals surface area contributed by atoms with Crippen LogP contribution < -0.4 is 15.0 Å². The lowest BCUT2D eigenvalue weighted by molar-refractivity contribution is -0.122. The van der Waals surface area contributed by atoms with Gasteiger partial charge in [0.25, 0.3) is 5.56 Å². The van der Waals surface area contributed by atoms with Crippen LogP contribution in [0.1, 0.15) is 68.1 Å². The summed E-state index contributed by atoms with van der Waals surface area (Å²) < 4.78 is 18.7. The molecule has 1 aliphatic heterocycles. The van der Waals surface area contributed by atoms with Crippen molar-refractivity contribution in [1.29, 1.82) is 0 Å². The topological polar surface area (TPSA) is 83.8 Å². The minimum atomic E-state index is -0.781. The molecule has 1 atom stereocenters. The van der Waals surface area contributed by atoms with Crippen LogP contribution in [0.25, 0.3) is 11.1 Å². The molecule has 0 radical (unpaired) electrons. The van der Waals surface area contributed by atoms with Gasteiger partial charge in [-0.3, -0.25) is 14.4 Å². The molecule has 4 rings (SSSR count). The average molecular weight is 566 g/mol. The van der Waals surface area contributed by atoms with Gasteiger partial charge in [-0.05, 0) is 87.9 Å². The van der Waals surface area contributed by atoms with E-state index >= 15 is 0 Å². The lowest BCUT2D eigenvalue weighted by atomic mass is 9.96. The van der Waals surface area contributed by atoms with E-state index < -0.39 is 17.2 Å². The molecule has 0 aliphatic carbocycles. The van der Waals surface area contributed by atoms with Gasteiger partial charge in [0.15, 0.2) is 11.6 Å². The lowest BCUT2D eigenvalue weighted by Gasteiger charge is -2.24. The monoisotopic (exact) mass is 565 g/mol. The smallest absolute Gasteiger partial charge is 0.252 e. The van der Waals surface area contributed by atoms with Crippen LogP contribution in [0.4, 0.5) is 0 Å². The fourth-order valence-corrected chi connectivity index (χ4v) is 5.14. The molecule has 2 heterocycles. The maximum atomic E-state index is 13.8. The van der Waals surface area contributed by atoms with Gasteiger partial charge >= 0.3 is 0 Å². The maximum absolute atomic E-state index is 13.8. The van der Waals surface area contributed by atoms with Gasteiger partial charge in [0.2, 0.25) is 0 Å². The number of aromatic nitrogens is 1. The zero-order valence-corrected chi connectivity index (χ0v) is 24.5. The number of pyridine rings is 1. The molecule has 0 spiro atoms. The third-order valence-corrected chi connectivity index (χ3v) is 7.14. The number of halogens is 1. The Morgan fingerprint density at radius 1 is 1.10 bits per heavy atom. The Morgan fingerprint density at radius 2 is 1.88 bits per heavy atom. The van der Waals surface area contributed by atoms with E-state index in [1.807, 2.05) is 39.0 Å². The molecular weight excluding hydrogens is 530 g/mol. The molecule has 1 aromatic heterocycles. The molecule has 40 heavy (non-hydrogen) atoms. The van der Waals surface area contributed by atoms with Crippen molar-refractivity contribution in [3.63, 3.8) is 0 Å². The number of aryl methyl sites for hydroxylation is 1. The summed E-state index contributed by atoms with van der Waals surface area (Å²) in [6.45, 7) is 8.28. The summed E-state index contributed by atoms with van der Waals surface area (Å²) in [5.41, 5.74) is 2.53. The van der Waals surface area contributed by atoms with Crippen LogP contribution in [0.3, 0.4) is 0 Å². The van der Waals surface area contributed by atoms with Crippen molar-refractivity contribution in [2.75, 3.05) is 20.3 Å². The highest BCUT2D eigenvalue weighted by atomic mass is 35.5. The number of carbonyl (C=O) groups is 2. The number of hydrogen-bond donors (Lipinski definition) is 0. The van der Waals surface area contributed by atoms with Gasteiger partial charge in [-0.15, -0.1) is 0 Å². The maximum Gasteiger partial charge on any atom is 0.252 e. The van der Waals surface area contributed by atoms with Crippen molar-refractivity contribution < 1.29 is 23.8 Å². The van der Waals surface area contributed by atoms with Gasteiger partial charge in [0.1, 0.15) is 11.5 Å². The Bertz CT molecular complexity index is 1470. The number of Topliss-reactive ketones (excluding diaryl/α,β-unsaturated/α-hetero) is 2. The first-order chi connectivity index (χ1) is 19.0. The van der Waals surface area contributed by atoms with E-state index in [9.17, 15) is 14.4 Å². The number of methoxy groups -OCH3 is 1. The zero-order chi connectivity index (χ0) is 29.0.